The number of carbonyl (C=O) groups is 1. The average Bonchev–Trinajstić information content (AvgIpc) is 3.03. The van der Waals surface area contributed by atoms with Gasteiger partial charge in [0.05, 0.1) is 0 Å². The summed E-state index contributed by atoms with van der Waals surface area (Å²) in [6, 6.07) is 5.54. The number of amides is 1. The predicted molar refractivity (Wildman–Crippen MR) is 90.4 cm³/mol. The van der Waals surface area contributed by atoms with Crippen molar-refractivity contribution < 1.29 is 19.4 Å². The zero-order valence-electron chi connectivity index (χ0n) is 14.4. The van der Waals surface area contributed by atoms with E-state index in [9.17, 15) is 9.90 Å². The number of rotatable bonds is 5. The van der Waals surface area contributed by atoms with Gasteiger partial charge < -0.3 is 19.5 Å². The SMILES string of the molecule is CC(C)CN1CCN(C(=O)c2ccc3c(c2)OCO3)C[C@H]1CCO. The van der Waals surface area contributed by atoms with Crippen molar-refractivity contribution in [1.29, 1.82) is 0 Å². The highest BCUT2D eigenvalue weighted by atomic mass is 16.7. The molecule has 0 unspecified atom stereocenters. The highest BCUT2D eigenvalue weighted by Gasteiger charge is 2.30. The molecule has 6 nitrogen and oxygen atoms in total. The number of carbonyl (C=O) groups excluding carboxylic acids is 1. The average molecular weight is 334 g/mol. The summed E-state index contributed by atoms with van der Waals surface area (Å²) < 4.78 is 10.7. The summed E-state index contributed by atoms with van der Waals surface area (Å²) in [5, 5.41) is 9.36. The monoisotopic (exact) mass is 334 g/mol. The number of hydrogen-bond acceptors (Lipinski definition) is 5. The normalized spacial score (nSPS) is 20.7. The molecule has 2 aliphatic rings. The first-order valence-corrected chi connectivity index (χ1v) is 8.62. The molecule has 1 aromatic carbocycles. The third-order valence-corrected chi connectivity index (χ3v) is 4.57. The topological polar surface area (TPSA) is 62.2 Å². The molecule has 1 aromatic rings. The van der Waals surface area contributed by atoms with Gasteiger partial charge in [0.1, 0.15) is 0 Å². The van der Waals surface area contributed by atoms with Gasteiger partial charge in [0.15, 0.2) is 11.5 Å². The molecule has 132 valence electrons. The van der Waals surface area contributed by atoms with Gasteiger partial charge in [-0.3, -0.25) is 9.69 Å². The van der Waals surface area contributed by atoms with Gasteiger partial charge >= 0.3 is 0 Å². The van der Waals surface area contributed by atoms with E-state index in [1.807, 2.05) is 4.90 Å². The first-order valence-electron chi connectivity index (χ1n) is 8.62. The van der Waals surface area contributed by atoms with Gasteiger partial charge in [0.25, 0.3) is 5.91 Å². The summed E-state index contributed by atoms with van der Waals surface area (Å²) in [5.41, 5.74) is 0.624. The molecule has 0 aliphatic carbocycles. The van der Waals surface area contributed by atoms with Crippen molar-refractivity contribution >= 4 is 5.91 Å². The van der Waals surface area contributed by atoms with Crippen molar-refractivity contribution in [3.8, 4) is 11.5 Å². The molecule has 0 spiro atoms. The van der Waals surface area contributed by atoms with Crippen LogP contribution >= 0.6 is 0 Å². The van der Waals surface area contributed by atoms with Crippen LogP contribution in [0.15, 0.2) is 18.2 Å². The number of nitrogens with zero attached hydrogens (tertiary/aromatic N) is 2. The van der Waals surface area contributed by atoms with Gasteiger partial charge in [0.2, 0.25) is 6.79 Å². The molecule has 0 radical (unpaired) electrons. The minimum atomic E-state index is 0.0143. The van der Waals surface area contributed by atoms with Gasteiger partial charge in [0, 0.05) is 44.4 Å². The summed E-state index contributed by atoms with van der Waals surface area (Å²) in [5.74, 6) is 1.90. The minimum Gasteiger partial charge on any atom is -0.454 e. The fraction of sp³-hybridized carbons (Fsp3) is 0.611. The summed E-state index contributed by atoms with van der Waals surface area (Å²) in [6.07, 6.45) is 0.692. The molecular formula is C18H26N2O4. The van der Waals surface area contributed by atoms with Crippen molar-refractivity contribution in [3.05, 3.63) is 23.8 Å². The van der Waals surface area contributed by atoms with Crippen LogP contribution in [0, 0.1) is 5.92 Å². The molecule has 1 N–H and O–H groups in total. The van der Waals surface area contributed by atoms with Crippen LogP contribution in [0.1, 0.15) is 30.6 Å². The van der Waals surface area contributed by atoms with E-state index in [4.69, 9.17) is 9.47 Å². The van der Waals surface area contributed by atoms with Crippen molar-refractivity contribution in [2.45, 2.75) is 26.3 Å². The maximum Gasteiger partial charge on any atom is 0.254 e. The predicted octanol–water partition coefficient (Wildman–Crippen LogP) is 1.58. The van der Waals surface area contributed by atoms with Gasteiger partial charge in [-0.15, -0.1) is 0 Å². The van der Waals surface area contributed by atoms with Gasteiger partial charge in [-0.05, 0) is 30.5 Å². The number of aliphatic hydroxyl groups excluding tert-OH is 1. The van der Waals surface area contributed by atoms with Gasteiger partial charge in [-0.25, -0.2) is 0 Å². The number of benzene rings is 1. The van der Waals surface area contributed by atoms with E-state index in [1.165, 1.54) is 0 Å². The molecule has 3 rings (SSSR count). The van der Waals surface area contributed by atoms with E-state index < -0.39 is 0 Å². The Bertz CT molecular complexity index is 590. The molecule has 1 amide bonds. The Hall–Kier alpha value is -1.79. The zero-order chi connectivity index (χ0) is 17.1. The first kappa shape index (κ1) is 17.0. The smallest absolute Gasteiger partial charge is 0.254 e. The highest BCUT2D eigenvalue weighted by molar-refractivity contribution is 5.95. The molecule has 1 saturated heterocycles. The minimum absolute atomic E-state index is 0.0143. The van der Waals surface area contributed by atoms with Crippen molar-refractivity contribution in [2.75, 3.05) is 39.6 Å². The standard InChI is InChI=1S/C18H26N2O4/c1-13(2)10-19-6-7-20(11-15(19)5-8-21)18(22)14-3-4-16-17(9-14)24-12-23-16/h3-4,9,13,15,21H,5-8,10-12H2,1-2H3/t15-/m1/s1. The zero-order valence-corrected chi connectivity index (χ0v) is 14.4. The lowest BCUT2D eigenvalue weighted by Gasteiger charge is -2.42. The highest BCUT2D eigenvalue weighted by Crippen LogP contribution is 2.33. The van der Waals surface area contributed by atoms with E-state index in [0.717, 1.165) is 13.1 Å². The Kier molecular flexibility index (Phi) is 5.26. The molecule has 1 atom stereocenters. The maximum atomic E-state index is 12.8. The molecule has 0 bridgehead atoms. The van der Waals surface area contributed by atoms with Crippen LogP contribution < -0.4 is 9.47 Å². The van der Waals surface area contributed by atoms with E-state index in [1.54, 1.807) is 18.2 Å². The van der Waals surface area contributed by atoms with Crippen LogP contribution in [-0.4, -0.2) is 66.4 Å². The summed E-state index contributed by atoms with van der Waals surface area (Å²) in [7, 11) is 0. The van der Waals surface area contributed by atoms with Crippen molar-refractivity contribution in [1.82, 2.24) is 9.80 Å². The molecule has 2 aliphatic heterocycles. The molecule has 24 heavy (non-hydrogen) atoms. The Morgan fingerprint density at radius 3 is 2.83 bits per heavy atom. The summed E-state index contributed by atoms with van der Waals surface area (Å²) >= 11 is 0. The molecule has 0 aromatic heterocycles. The quantitative estimate of drug-likeness (QED) is 0.886. The van der Waals surface area contributed by atoms with Crippen LogP contribution in [0.5, 0.6) is 11.5 Å². The van der Waals surface area contributed by atoms with E-state index in [-0.39, 0.29) is 25.3 Å². The van der Waals surface area contributed by atoms with Crippen LogP contribution in [0.2, 0.25) is 0 Å². The Balaban J connectivity index is 1.69. The number of fused-ring (bicyclic) bond motifs is 1. The van der Waals surface area contributed by atoms with Crippen LogP contribution in [-0.2, 0) is 0 Å². The van der Waals surface area contributed by atoms with Gasteiger partial charge in [-0.2, -0.15) is 0 Å². The lowest BCUT2D eigenvalue weighted by molar-refractivity contribution is 0.0384. The summed E-state index contributed by atoms with van der Waals surface area (Å²) in [6.45, 7) is 7.95. The molecule has 6 heteroatoms. The lowest BCUT2D eigenvalue weighted by Crippen LogP contribution is -2.55. The molecular weight excluding hydrogens is 308 g/mol. The number of aliphatic hydroxyl groups is 1. The summed E-state index contributed by atoms with van der Waals surface area (Å²) in [4.78, 5) is 17.1. The van der Waals surface area contributed by atoms with Crippen LogP contribution in [0.25, 0.3) is 0 Å². The van der Waals surface area contributed by atoms with E-state index in [2.05, 4.69) is 18.7 Å². The van der Waals surface area contributed by atoms with Gasteiger partial charge in [-0.1, -0.05) is 13.8 Å². The molecule has 0 saturated carbocycles. The van der Waals surface area contributed by atoms with E-state index in [0.29, 0.717) is 42.5 Å². The fourth-order valence-electron chi connectivity index (χ4n) is 3.42. The van der Waals surface area contributed by atoms with Crippen molar-refractivity contribution in [3.63, 3.8) is 0 Å². The second kappa shape index (κ2) is 7.40. The molecule has 2 heterocycles. The number of hydrogen-bond donors (Lipinski definition) is 1. The Labute approximate surface area is 143 Å². The van der Waals surface area contributed by atoms with Crippen LogP contribution in [0.4, 0.5) is 0 Å². The second-order valence-electron chi connectivity index (χ2n) is 6.87. The van der Waals surface area contributed by atoms with Crippen LogP contribution in [0.3, 0.4) is 0 Å². The third-order valence-electron chi connectivity index (χ3n) is 4.57. The first-order chi connectivity index (χ1) is 11.6. The third kappa shape index (κ3) is 3.65. The maximum absolute atomic E-state index is 12.8. The fourth-order valence-corrected chi connectivity index (χ4v) is 3.42. The second-order valence-corrected chi connectivity index (χ2v) is 6.87. The van der Waals surface area contributed by atoms with E-state index >= 15 is 0 Å². The largest absolute Gasteiger partial charge is 0.454 e. The Morgan fingerprint density at radius 2 is 2.08 bits per heavy atom. The van der Waals surface area contributed by atoms with Crippen molar-refractivity contribution in [2.24, 2.45) is 5.92 Å². The number of ether oxygens (including phenoxy) is 2. The lowest BCUT2D eigenvalue weighted by atomic mass is 10.0. The molecule has 1 fully saturated rings. The Morgan fingerprint density at radius 1 is 1.29 bits per heavy atom. The number of piperazine rings is 1.